The summed E-state index contributed by atoms with van der Waals surface area (Å²) in [6.07, 6.45) is 2.79. The van der Waals surface area contributed by atoms with E-state index in [0.717, 1.165) is 23.9 Å². The van der Waals surface area contributed by atoms with Gasteiger partial charge in [-0.05, 0) is 45.2 Å². The van der Waals surface area contributed by atoms with Gasteiger partial charge in [-0.1, -0.05) is 6.92 Å². The molecule has 0 amide bonds. The van der Waals surface area contributed by atoms with Gasteiger partial charge in [0.1, 0.15) is 0 Å². The summed E-state index contributed by atoms with van der Waals surface area (Å²) >= 11 is 0. The predicted octanol–water partition coefficient (Wildman–Crippen LogP) is 1.32. The van der Waals surface area contributed by atoms with Crippen molar-refractivity contribution in [2.75, 3.05) is 20.1 Å². The molecule has 2 heteroatoms. The molecule has 1 aliphatic heterocycles. The number of rotatable bonds is 3. The molecule has 0 spiro atoms. The average molecular weight is 182 g/mol. The Bertz CT molecular complexity index is 175. The maximum absolute atomic E-state index is 3.44. The molecule has 2 nitrogen and oxygen atoms in total. The zero-order valence-corrected chi connectivity index (χ0v) is 9.09. The van der Waals surface area contributed by atoms with E-state index < -0.39 is 0 Å². The van der Waals surface area contributed by atoms with Gasteiger partial charge in [0.15, 0.2) is 0 Å². The van der Waals surface area contributed by atoms with E-state index in [4.69, 9.17) is 0 Å². The summed E-state index contributed by atoms with van der Waals surface area (Å²) in [7, 11) is 2.30. The fourth-order valence-corrected chi connectivity index (χ4v) is 2.64. The molecule has 4 unspecified atom stereocenters. The van der Waals surface area contributed by atoms with Crippen LogP contribution in [-0.2, 0) is 0 Å². The highest BCUT2D eigenvalue weighted by Crippen LogP contribution is 2.42. The molecule has 76 valence electrons. The highest BCUT2D eigenvalue weighted by molar-refractivity contribution is 4.93. The third-order valence-corrected chi connectivity index (χ3v) is 4.04. The molecule has 0 aromatic heterocycles. The van der Waals surface area contributed by atoms with Crippen molar-refractivity contribution in [3.8, 4) is 0 Å². The minimum absolute atomic E-state index is 0.792. The topological polar surface area (TPSA) is 15.3 Å². The zero-order chi connectivity index (χ0) is 9.42. The van der Waals surface area contributed by atoms with Crippen LogP contribution in [0.2, 0.25) is 0 Å². The summed E-state index contributed by atoms with van der Waals surface area (Å²) in [6.45, 7) is 7.18. The molecule has 13 heavy (non-hydrogen) atoms. The fourth-order valence-electron chi connectivity index (χ4n) is 2.64. The first kappa shape index (κ1) is 9.47. The summed E-state index contributed by atoms with van der Waals surface area (Å²) in [5.41, 5.74) is 0. The van der Waals surface area contributed by atoms with Crippen molar-refractivity contribution in [2.45, 2.75) is 38.8 Å². The van der Waals surface area contributed by atoms with E-state index >= 15 is 0 Å². The first-order chi connectivity index (χ1) is 6.20. The van der Waals surface area contributed by atoms with Gasteiger partial charge in [-0.3, -0.25) is 4.90 Å². The Morgan fingerprint density at radius 3 is 2.62 bits per heavy atom. The van der Waals surface area contributed by atoms with Gasteiger partial charge in [-0.2, -0.15) is 0 Å². The minimum Gasteiger partial charge on any atom is -0.315 e. The van der Waals surface area contributed by atoms with Crippen molar-refractivity contribution in [1.29, 1.82) is 0 Å². The molecule has 0 aromatic rings. The summed E-state index contributed by atoms with van der Waals surface area (Å²) in [5, 5.41) is 3.44. The van der Waals surface area contributed by atoms with E-state index in [9.17, 15) is 0 Å². The van der Waals surface area contributed by atoms with Gasteiger partial charge in [0.25, 0.3) is 0 Å². The lowest BCUT2D eigenvalue weighted by atomic mass is 10.1. The van der Waals surface area contributed by atoms with E-state index in [1.807, 2.05) is 0 Å². The van der Waals surface area contributed by atoms with Gasteiger partial charge in [-0.25, -0.2) is 0 Å². The molecule has 1 aliphatic carbocycles. The largest absolute Gasteiger partial charge is 0.315 e. The summed E-state index contributed by atoms with van der Waals surface area (Å²) < 4.78 is 0. The Morgan fingerprint density at radius 1 is 1.46 bits per heavy atom. The van der Waals surface area contributed by atoms with E-state index in [-0.39, 0.29) is 0 Å². The molecule has 1 saturated heterocycles. The van der Waals surface area contributed by atoms with Crippen LogP contribution >= 0.6 is 0 Å². The fraction of sp³-hybridized carbons (Fsp3) is 1.00. The molecule has 1 saturated carbocycles. The summed E-state index contributed by atoms with van der Waals surface area (Å²) in [6, 6.07) is 1.59. The Labute approximate surface area is 81.7 Å². The van der Waals surface area contributed by atoms with Crippen molar-refractivity contribution in [2.24, 2.45) is 11.8 Å². The quantitative estimate of drug-likeness (QED) is 0.708. The van der Waals surface area contributed by atoms with Crippen molar-refractivity contribution in [1.82, 2.24) is 10.2 Å². The van der Waals surface area contributed by atoms with Crippen LogP contribution < -0.4 is 5.32 Å². The molecule has 2 aliphatic rings. The first-order valence-electron chi connectivity index (χ1n) is 5.63. The monoisotopic (exact) mass is 182 g/mol. The molecule has 1 N–H and O–H groups in total. The number of hydrogen-bond acceptors (Lipinski definition) is 2. The normalized spacial score (nSPS) is 41.1. The Kier molecular flexibility index (Phi) is 2.61. The highest BCUT2D eigenvalue weighted by atomic mass is 15.2. The van der Waals surface area contributed by atoms with Crippen LogP contribution in [0.15, 0.2) is 0 Å². The van der Waals surface area contributed by atoms with Crippen LogP contribution in [0.1, 0.15) is 26.7 Å². The second-order valence-corrected chi connectivity index (χ2v) is 4.93. The molecule has 0 bridgehead atoms. The smallest absolute Gasteiger partial charge is 0.0232 e. The van der Waals surface area contributed by atoms with Gasteiger partial charge in [0.05, 0.1) is 0 Å². The standard InChI is InChI=1S/C11H22N2/c1-8-6-11(8)9(2)13(3)10-4-5-12-7-10/h8-12H,4-7H2,1-3H3. The van der Waals surface area contributed by atoms with Crippen LogP contribution in [0.5, 0.6) is 0 Å². The van der Waals surface area contributed by atoms with E-state index in [1.54, 1.807) is 0 Å². The van der Waals surface area contributed by atoms with Crippen molar-refractivity contribution >= 4 is 0 Å². The zero-order valence-electron chi connectivity index (χ0n) is 9.09. The first-order valence-corrected chi connectivity index (χ1v) is 5.63. The lowest BCUT2D eigenvalue weighted by molar-refractivity contribution is 0.173. The molecule has 2 fully saturated rings. The van der Waals surface area contributed by atoms with Crippen LogP contribution in [0.4, 0.5) is 0 Å². The van der Waals surface area contributed by atoms with Crippen LogP contribution in [0, 0.1) is 11.8 Å². The van der Waals surface area contributed by atoms with Crippen molar-refractivity contribution in [3.63, 3.8) is 0 Å². The minimum atomic E-state index is 0.792. The molecular formula is C11H22N2. The van der Waals surface area contributed by atoms with Crippen molar-refractivity contribution < 1.29 is 0 Å². The number of hydrogen-bond donors (Lipinski definition) is 1. The second kappa shape index (κ2) is 3.58. The van der Waals surface area contributed by atoms with Crippen LogP contribution in [-0.4, -0.2) is 37.1 Å². The number of nitrogens with one attached hydrogen (secondary N) is 1. The van der Waals surface area contributed by atoms with Gasteiger partial charge in [-0.15, -0.1) is 0 Å². The number of nitrogens with zero attached hydrogens (tertiary/aromatic N) is 1. The molecular weight excluding hydrogens is 160 g/mol. The summed E-state index contributed by atoms with van der Waals surface area (Å²) in [5.74, 6) is 1.96. The van der Waals surface area contributed by atoms with Crippen LogP contribution in [0.25, 0.3) is 0 Å². The summed E-state index contributed by atoms with van der Waals surface area (Å²) in [4.78, 5) is 2.59. The molecule has 4 atom stereocenters. The van der Waals surface area contributed by atoms with E-state index in [1.165, 1.54) is 25.9 Å². The lowest BCUT2D eigenvalue weighted by Gasteiger charge is -2.30. The average Bonchev–Trinajstić information content (AvgIpc) is 2.69. The predicted molar refractivity (Wildman–Crippen MR) is 55.8 cm³/mol. The van der Waals surface area contributed by atoms with Gasteiger partial charge < -0.3 is 5.32 Å². The van der Waals surface area contributed by atoms with Gasteiger partial charge in [0, 0.05) is 18.6 Å². The van der Waals surface area contributed by atoms with Gasteiger partial charge in [0.2, 0.25) is 0 Å². The number of likely N-dealkylation sites (N-methyl/N-ethyl adjacent to an activating group) is 1. The van der Waals surface area contributed by atoms with E-state index in [0.29, 0.717) is 0 Å². The lowest BCUT2D eigenvalue weighted by Crippen LogP contribution is -2.41. The third kappa shape index (κ3) is 1.89. The molecule has 1 heterocycles. The maximum atomic E-state index is 3.44. The van der Waals surface area contributed by atoms with Crippen molar-refractivity contribution in [3.05, 3.63) is 0 Å². The van der Waals surface area contributed by atoms with Crippen LogP contribution in [0.3, 0.4) is 0 Å². The second-order valence-electron chi connectivity index (χ2n) is 4.93. The van der Waals surface area contributed by atoms with E-state index in [2.05, 4.69) is 31.1 Å². The molecule has 2 rings (SSSR count). The Morgan fingerprint density at radius 2 is 2.15 bits per heavy atom. The van der Waals surface area contributed by atoms with Gasteiger partial charge >= 0.3 is 0 Å². The molecule has 0 aromatic carbocycles. The molecule has 0 radical (unpaired) electrons. The highest BCUT2D eigenvalue weighted by Gasteiger charge is 2.40. The Balaban J connectivity index is 1.84. The SMILES string of the molecule is CC1CC1C(C)N(C)C1CCNC1. The maximum Gasteiger partial charge on any atom is 0.0232 e. The Hall–Kier alpha value is -0.0800. The third-order valence-electron chi connectivity index (χ3n) is 4.04.